The summed E-state index contributed by atoms with van der Waals surface area (Å²) in [5, 5.41) is 27.7. The molecule has 4 nitrogen and oxygen atoms in total. The fraction of sp³-hybridized carbons (Fsp3) is 0. The largest absolute Gasteiger partial charge is 0.507 e. The third kappa shape index (κ3) is 1.64. The maximum absolute atomic E-state index is 13.2. The molecule has 6 heteroatoms. The molecule has 0 radical (unpaired) electrons. The van der Waals surface area contributed by atoms with Gasteiger partial charge in [-0.05, 0) is 17.5 Å². The van der Waals surface area contributed by atoms with E-state index in [0.29, 0.717) is 0 Å². The third-order valence-corrected chi connectivity index (χ3v) is 2.73. The molecule has 0 fully saturated rings. The van der Waals surface area contributed by atoms with Gasteiger partial charge >= 0.3 is 5.97 Å². The molecular weight excluding hydrogens is 251 g/mol. The van der Waals surface area contributed by atoms with E-state index in [1.807, 2.05) is 0 Å². The maximum Gasteiger partial charge on any atom is 0.343 e. The van der Waals surface area contributed by atoms with Crippen LogP contribution in [0, 0.1) is 5.82 Å². The standard InChI is InChI=1S/C11H6ClFO4/c12-9-5(13)2-1-4-3-6(14)8(11(16)17)10(15)7(4)9/h1-3,14-15H,(H,16,17). The SMILES string of the molecule is O=C(O)c1c(O)cc2ccc(F)c(Cl)c2c1O. The monoisotopic (exact) mass is 256 g/mol. The van der Waals surface area contributed by atoms with Crippen LogP contribution in [0.25, 0.3) is 10.8 Å². The Labute approximate surface area is 99.5 Å². The zero-order chi connectivity index (χ0) is 12.7. The molecule has 0 heterocycles. The first-order valence-corrected chi connectivity index (χ1v) is 4.87. The summed E-state index contributed by atoms with van der Waals surface area (Å²) in [6, 6.07) is 3.44. The van der Waals surface area contributed by atoms with Gasteiger partial charge in [0.05, 0.1) is 5.02 Å². The molecule has 0 spiro atoms. The minimum atomic E-state index is -1.53. The van der Waals surface area contributed by atoms with Gasteiger partial charge in [0, 0.05) is 5.39 Å². The van der Waals surface area contributed by atoms with Crippen molar-refractivity contribution in [2.75, 3.05) is 0 Å². The van der Waals surface area contributed by atoms with Crippen LogP contribution < -0.4 is 0 Å². The lowest BCUT2D eigenvalue weighted by Crippen LogP contribution is -1.98. The summed E-state index contributed by atoms with van der Waals surface area (Å²) in [4.78, 5) is 10.8. The van der Waals surface area contributed by atoms with Gasteiger partial charge in [-0.1, -0.05) is 17.7 Å². The molecule has 0 atom stereocenters. The summed E-state index contributed by atoms with van der Waals surface area (Å²) < 4.78 is 13.2. The minimum Gasteiger partial charge on any atom is -0.507 e. The fourth-order valence-electron chi connectivity index (χ4n) is 1.60. The summed E-state index contributed by atoms with van der Waals surface area (Å²) >= 11 is 5.65. The van der Waals surface area contributed by atoms with Crippen LogP contribution in [0.1, 0.15) is 10.4 Å². The van der Waals surface area contributed by atoms with Crippen LogP contribution in [0.3, 0.4) is 0 Å². The van der Waals surface area contributed by atoms with Crippen molar-refractivity contribution < 1.29 is 24.5 Å². The first-order chi connectivity index (χ1) is 7.93. The normalized spacial score (nSPS) is 10.7. The summed E-state index contributed by atoms with van der Waals surface area (Å²) in [5.41, 5.74) is -0.704. The molecule has 0 saturated heterocycles. The van der Waals surface area contributed by atoms with Crippen molar-refractivity contribution in [3.8, 4) is 11.5 Å². The number of hydrogen-bond donors (Lipinski definition) is 3. The zero-order valence-electron chi connectivity index (χ0n) is 8.24. The van der Waals surface area contributed by atoms with Crippen molar-refractivity contribution in [2.24, 2.45) is 0 Å². The number of aromatic hydroxyl groups is 2. The number of aromatic carboxylic acids is 1. The second kappa shape index (κ2) is 3.78. The van der Waals surface area contributed by atoms with Crippen molar-refractivity contribution in [3.05, 3.63) is 34.6 Å². The Morgan fingerprint density at radius 2 is 1.94 bits per heavy atom. The maximum atomic E-state index is 13.2. The Bertz CT molecular complexity index is 639. The predicted molar refractivity (Wildman–Crippen MR) is 59.2 cm³/mol. The number of phenols is 2. The first kappa shape index (κ1) is 11.5. The van der Waals surface area contributed by atoms with E-state index in [1.54, 1.807) is 0 Å². The minimum absolute atomic E-state index is 0.137. The van der Waals surface area contributed by atoms with E-state index in [0.717, 1.165) is 12.1 Å². The summed E-state index contributed by atoms with van der Waals surface area (Å²) in [6.45, 7) is 0. The Morgan fingerprint density at radius 3 is 2.53 bits per heavy atom. The zero-order valence-corrected chi connectivity index (χ0v) is 8.99. The van der Waals surface area contributed by atoms with E-state index >= 15 is 0 Å². The van der Waals surface area contributed by atoms with Crippen LogP contribution in [0.4, 0.5) is 4.39 Å². The number of rotatable bonds is 1. The molecule has 2 rings (SSSR count). The van der Waals surface area contributed by atoms with Crippen molar-refractivity contribution in [2.45, 2.75) is 0 Å². The number of benzene rings is 2. The lowest BCUT2D eigenvalue weighted by Gasteiger charge is -2.09. The summed E-state index contributed by atoms with van der Waals surface area (Å²) in [7, 11) is 0. The molecule has 0 saturated carbocycles. The van der Waals surface area contributed by atoms with Crippen molar-refractivity contribution >= 4 is 28.3 Å². The van der Waals surface area contributed by atoms with Gasteiger partial charge in [0.15, 0.2) is 0 Å². The number of carboxylic acids is 1. The average molecular weight is 257 g/mol. The Kier molecular flexibility index (Phi) is 2.55. The molecule has 0 unspecified atom stereocenters. The van der Waals surface area contributed by atoms with Gasteiger partial charge in [0.25, 0.3) is 0 Å². The van der Waals surface area contributed by atoms with Gasteiger partial charge in [0.2, 0.25) is 0 Å². The molecule has 0 aliphatic rings. The molecule has 0 aromatic heterocycles. The van der Waals surface area contributed by atoms with Crippen LogP contribution in [-0.2, 0) is 0 Å². The number of carboxylic acid groups (broad SMARTS) is 1. The molecule has 88 valence electrons. The molecule has 0 aliphatic heterocycles. The molecule has 3 N–H and O–H groups in total. The highest BCUT2D eigenvalue weighted by Crippen LogP contribution is 2.40. The van der Waals surface area contributed by atoms with Gasteiger partial charge in [-0.15, -0.1) is 0 Å². The fourth-order valence-corrected chi connectivity index (χ4v) is 1.86. The Hall–Kier alpha value is -2.01. The van der Waals surface area contributed by atoms with Gasteiger partial charge < -0.3 is 15.3 Å². The van der Waals surface area contributed by atoms with Crippen molar-refractivity contribution in [3.63, 3.8) is 0 Å². The molecule has 0 amide bonds. The summed E-state index contributed by atoms with van der Waals surface area (Å²) in [5.74, 6) is -3.67. The number of fused-ring (bicyclic) bond motifs is 1. The van der Waals surface area contributed by atoms with Crippen molar-refractivity contribution in [1.82, 2.24) is 0 Å². The lowest BCUT2D eigenvalue weighted by atomic mass is 10.0. The predicted octanol–water partition coefficient (Wildman–Crippen LogP) is 2.74. The van der Waals surface area contributed by atoms with Crippen LogP contribution >= 0.6 is 11.6 Å². The van der Waals surface area contributed by atoms with Crippen molar-refractivity contribution in [1.29, 1.82) is 0 Å². The quantitative estimate of drug-likeness (QED) is 0.733. The highest BCUT2D eigenvalue weighted by Gasteiger charge is 2.21. The molecule has 2 aromatic carbocycles. The van der Waals surface area contributed by atoms with E-state index < -0.39 is 28.8 Å². The second-order valence-electron chi connectivity index (χ2n) is 3.38. The molecule has 0 aliphatic carbocycles. The lowest BCUT2D eigenvalue weighted by molar-refractivity contribution is 0.0691. The molecule has 2 aromatic rings. The number of carbonyl (C=O) groups is 1. The van der Waals surface area contributed by atoms with E-state index in [1.165, 1.54) is 6.07 Å². The van der Waals surface area contributed by atoms with E-state index in [-0.39, 0.29) is 15.8 Å². The van der Waals surface area contributed by atoms with Gasteiger partial charge in [-0.3, -0.25) is 0 Å². The van der Waals surface area contributed by atoms with Crippen LogP contribution in [0.15, 0.2) is 18.2 Å². The van der Waals surface area contributed by atoms with Gasteiger partial charge in [0.1, 0.15) is 22.9 Å². The molecular formula is C11H6ClFO4. The Morgan fingerprint density at radius 1 is 1.29 bits per heavy atom. The first-order valence-electron chi connectivity index (χ1n) is 4.49. The number of hydrogen-bond acceptors (Lipinski definition) is 3. The van der Waals surface area contributed by atoms with E-state index in [4.69, 9.17) is 16.7 Å². The third-order valence-electron chi connectivity index (χ3n) is 2.36. The number of halogens is 2. The highest BCUT2D eigenvalue weighted by molar-refractivity contribution is 6.36. The second-order valence-corrected chi connectivity index (χ2v) is 3.76. The topological polar surface area (TPSA) is 77.8 Å². The van der Waals surface area contributed by atoms with E-state index in [9.17, 15) is 19.4 Å². The smallest absolute Gasteiger partial charge is 0.343 e. The van der Waals surface area contributed by atoms with Crippen LogP contribution in [0.2, 0.25) is 5.02 Å². The summed E-state index contributed by atoms with van der Waals surface area (Å²) in [6.07, 6.45) is 0. The average Bonchev–Trinajstić information content (AvgIpc) is 2.22. The van der Waals surface area contributed by atoms with Gasteiger partial charge in [-0.25, -0.2) is 9.18 Å². The molecule has 0 bridgehead atoms. The highest BCUT2D eigenvalue weighted by atomic mass is 35.5. The Balaban J connectivity index is 2.99. The van der Waals surface area contributed by atoms with Gasteiger partial charge in [-0.2, -0.15) is 0 Å². The van der Waals surface area contributed by atoms with Crippen LogP contribution in [0.5, 0.6) is 11.5 Å². The van der Waals surface area contributed by atoms with E-state index in [2.05, 4.69) is 0 Å². The van der Waals surface area contributed by atoms with Crippen LogP contribution in [-0.4, -0.2) is 21.3 Å². The molecule has 17 heavy (non-hydrogen) atoms.